The Kier molecular flexibility index (Phi) is 4.09. The highest BCUT2D eigenvalue weighted by Crippen LogP contribution is 2.59. The lowest BCUT2D eigenvalue weighted by atomic mass is 9.48. The Hall–Kier alpha value is -1.45. The average Bonchev–Trinajstić information content (AvgIpc) is 2.34. The zero-order valence-corrected chi connectivity index (χ0v) is 13.2. The van der Waals surface area contributed by atoms with Crippen LogP contribution in [-0.4, -0.2) is 24.6 Å². The smallest absolute Gasteiger partial charge is 0.302 e. The van der Waals surface area contributed by atoms with Crippen molar-refractivity contribution in [2.75, 3.05) is 0 Å². The van der Waals surface area contributed by atoms with Gasteiger partial charge in [-0.2, -0.15) is 0 Å². The maximum atomic E-state index is 11.6. The predicted octanol–water partition coefficient (Wildman–Crippen LogP) is 2.70. The molecule has 0 bridgehead atoms. The Balaban J connectivity index is 2.42. The number of rotatable bonds is 3. The highest BCUT2D eigenvalue weighted by molar-refractivity contribution is 5.82. The van der Waals surface area contributed by atoms with E-state index in [4.69, 9.17) is 4.74 Å². The molecule has 4 heteroatoms. The van der Waals surface area contributed by atoms with Crippen LogP contribution in [0.15, 0.2) is 11.6 Å². The Labute approximate surface area is 125 Å². The topological polar surface area (TPSA) is 60.4 Å². The molecule has 0 amide bonds. The first-order chi connectivity index (χ1) is 9.74. The van der Waals surface area contributed by atoms with Gasteiger partial charge in [-0.05, 0) is 41.6 Å². The van der Waals surface area contributed by atoms with Gasteiger partial charge in [-0.15, -0.1) is 0 Å². The fourth-order valence-corrected chi connectivity index (χ4v) is 4.69. The van der Waals surface area contributed by atoms with E-state index in [0.717, 1.165) is 25.4 Å². The zero-order valence-electron chi connectivity index (χ0n) is 13.2. The van der Waals surface area contributed by atoms with Crippen molar-refractivity contribution in [2.24, 2.45) is 22.7 Å². The molecule has 0 aromatic carbocycles. The summed E-state index contributed by atoms with van der Waals surface area (Å²) in [4.78, 5) is 34.2. The number of ether oxygens (including phenoxy) is 1. The highest BCUT2D eigenvalue weighted by Gasteiger charge is 2.55. The van der Waals surface area contributed by atoms with Gasteiger partial charge in [-0.1, -0.05) is 26.8 Å². The second-order valence-electron chi connectivity index (χ2n) is 7.36. The maximum Gasteiger partial charge on any atom is 0.302 e. The van der Waals surface area contributed by atoms with Crippen LogP contribution in [-0.2, 0) is 19.1 Å². The fourth-order valence-electron chi connectivity index (χ4n) is 4.69. The molecule has 21 heavy (non-hydrogen) atoms. The number of carbonyl (C=O) groups is 3. The lowest BCUT2D eigenvalue weighted by Gasteiger charge is -2.56. The molecule has 0 N–H and O–H groups in total. The molecule has 2 aliphatic rings. The summed E-state index contributed by atoms with van der Waals surface area (Å²) >= 11 is 0. The van der Waals surface area contributed by atoms with Gasteiger partial charge >= 0.3 is 5.97 Å². The van der Waals surface area contributed by atoms with Gasteiger partial charge in [0.2, 0.25) is 0 Å². The van der Waals surface area contributed by atoms with E-state index in [1.165, 1.54) is 6.92 Å². The molecule has 0 radical (unpaired) electrons. The number of aldehydes is 2. The molecule has 0 saturated heterocycles. The molecule has 4 atom stereocenters. The summed E-state index contributed by atoms with van der Waals surface area (Å²) in [5.74, 6) is -0.399. The van der Waals surface area contributed by atoms with Crippen LogP contribution in [0.5, 0.6) is 0 Å². The molecular formula is C17H24O4. The van der Waals surface area contributed by atoms with E-state index in [-0.39, 0.29) is 22.9 Å². The van der Waals surface area contributed by atoms with E-state index >= 15 is 0 Å². The normalized spacial score (nSPS) is 37.9. The van der Waals surface area contributed by atoms with Crippen LogP contribution in [0.2, 0.25) is 0 Å². The molecule has 116 valence electrons. The van der Waals surface area contributed by atoms with E-state index in [0.29, 0.717) is 17.9 Å². The van der Waals surface area contributed by atoms with Crippen LogP contribution in [0.3, 0.4) is 0 Å². The zero-order chi connectivity index (χ0) is 15.8. The van der Waals surface area contributed by atoms with Crippen molar-refractivity contribution in [3.05, 3.63) is 11.6 Å². The Bertz CT molecular complexity index is 491. The molecule has 0 heterocycles. The highest BCUT2D eigenvalue weighted by atomic mass is 16.5. The third-order valence-electron chi connectivity index (χ3n) is 5.42. The van der Waals surface area contributed by atoms with E-state index in [2.05, 4.69) is 20.8 Å². The number of hydrogen-bond acceptors (Lipinski definition) is 4. The van der Waals surface area contributed by atoms with Crippen LogP contribution >= 0.6 is 0 Å². The number of fused-ring (bicyclic) bond motifs is 1. The maximum absolute atomic E-state index is 11.6. The molecule has 0 aliphatic heterocycles. The van der Waals surface area contributed by atoms with E-state index in [9.17, 15) is 14.4 Å². The SMILES string of the molecule is CC(=O)OC1CC(C)(C)C2CC=C(C=O)C(C=O)C2(C)C1. The van der Waals surface area contributed by atoms with E-state index < -0.39 is 5.92 Å². The minimum Gasteiger partial charge on any atom is -0.463 e. The summed E-state index contributed by atoms with van der Waals surface area (Å²) in [5, 5.41) is 0. The predicted molar refractivity (Wildman–Crippen MR) is 78.5 cm³/mol. The number of carbonyl (C=O) groups excluding carboxylic acids is 3. The summed E-state index contributed by atoms with van der Waals surface area (Å²) in [6, 6.07) is 0. The lowest BCUT2D eigenvalue weighted by Crippen LogP contribution is -2.53. The lowest BCUT2D eigenvalue weighted by molar-refractivity contribution is -0.161. The molecule has 0 aromatic rings. The van der Waals surface area contributed by atoms with Crippen LogP contribution in [0.4, 0.5) is 0 Å². The summed E-state index contributed by atoms with van der Waals surface area (Å²) in [7, 11) is 0. The summed E-state index contributed by atoms with van der Waals surface area (Å²) in [5.41, 5.74) is 0.191. The first-order valence-electron chi connectivity index (χ1n) is 7.52. The third kappa shape index (κ3) is 2.68. The van der Waals surface area contributed by atoms with Crippen molar-refractivity contribution in [1.82, 2.24) is 0 Å². The fraction of sp³-hybridized carbons (Fsp3) is 0.706. The van der Waals surface area contributed by atoms with Crippen molar-refractivity contribution >= 4 is 18.5 Å². The first kappa shape index (κ1) is 15.9. The third-order valence-corrected chi connectivity index (χ3v) is 5.42. The molecule has 2 rings (SSSR count). The molecule has 4 unspecified atom stereocenters. The van der Waals surface area contributed by atoms with Gasteiger partial charge in [0, 0.05) is 12.8 Å². The molecule has 1 fully saturated rings. The summed E-state index contributed by atoms with van der Waals surface area (Å²) < 4.78 is 5.44. The first-order valence-corrected chi connectivity index (χ1v) is 7.52. The Morgan fingerprint density at radius 3 is 2.48 bits per heavy atom. The van der Waals surface area contributed by atoms with Crippen molar-refractivity contribution in [3.63, 3.8) is 0 Å². The van der Waals surface area contributed by atoms with Gasteiger partial charge in [-0.3, -0.25) is 9.59 Å². The second-order valence-corrected chi connectivity index (χ2v) is 7.36. The van der Waals surface area contributed by atoms with Gasteiger partial charge in [0.25, 0.3) is 0 Å². The van der Waals surface area contributed by atoms with Crippen LogP contribution in [0.25, 0.3) is 0 Å². The van der Waals surface area contributed by atoms with Gasteiger partial charge in [0.15, 0.2) is 0 Å². The monoisotopic (exact) mass is 292 g/mol. The van der Waals surface area contributed by atoms with Crippen LogP contribution < -0.4 is 0 Å². The van der Waals surface area contributed by atoms with Crippen molar-refractivity contribution in [1.29, 1.82) is 0 Å². The quantitative estimate of drug-likeness (QED) is 0.593. The van der Waals surface area contributed by atoms with E-state index in [1.54, 1.807) is 0 Å². The van der Waals surface area contributed by atoms with Gasteiger partial charge < -0.3 is 9.53 Å². The van der Waals surface area contributed by atoms with Crippen molar-refractivity contribution in [2.45, 2.75) is 53.1 Å². The number of hydrogen-bond donors (Lipinski definition) is 0. The molecule has 0 spiro atoms. The average molecular weight is 292 g/mol. The van der Waals surface area contributed by atoms with Crippen molar-refractivity contribution in [3.8, 4) is 0 Å². The molecule has 2 aliphatic carbocycles. The van der Waals surface area contributed by atoms with Gasteiger partial charge in [0.1, 0.15) is 18.7 Å². The standard InChI is InChI=1S/C17H24O4/c1-11(20)21-13-7-16(2,3)15-6-5-12(9-18)14(10-19)17(15,4)8-13/h5,9-10,13-15H,6-8H2,1-4H3. The van der Waals surface area contributed by atoms with Crippen LogP contribution in [0.1, 0.15) is 47.0 Å². The minimum absolute atomic E-state index is 0.0424. The van der Waals surface area contributed by atoms with E-state index in [1.807, 2.05) is 6.08 Å². The Morgan fingerprint density at radius 2 is 1.95 bits per heavy atom. The molecule has 4 nitrogen and oxygen atoms in total. The van der Waals surface area contributed by atoms with Gasteiger partial charge in [-0.25, -0.2) is 0 Å². The summed E-state index contributed by atoms with van der Waals surface area (Å²) in [6.45, 7) is 7.79. The Morgan fingerprint density at radius 1 is 1.29 bits per heavy atom. The number of esters is 1. The van der Waals surface area contributed by atoms with Crippen LogP contribution in [0, 0.1) is 22.7 Å². The summed E-state index contributed by atoms with van der Waals surface area (Å²) in [6.07, 6.45) is 5.63. The van der Waals surface area contributed by atoms with Crippen molar-refractivity contribution < 1.29 is 19.1 Å². The molecular weight excluding hydrogens is 268 g/mol. The van der Waals surface area contributed by atoms with Gasteiger partial charge in [0.05, 0.1) is 0 Å². The largest absolute Gasteiger partial charge is 0.463 e. The second kappa shape index (κ2) is 5.39. The molecule has 1 saturated carbocycles. The number of allylic oxidation sites excluding steroid dienone is 2. The minimum atomic E-state index is -0.411. The molecule has 0 aromatic heterocycles.